The number of amides is 1. The number of ether oxygens (including phenoxy) is 1. The van der Waals surface area contributed by atoms with Gasteiger partial charge in [-0.1, -0.05) is 36.4 Å². The molecule has 1 N–H and O–H groups in total. The third-order valence-electron chi connectivity index (χ3n) is 4.24. The topological polar surface area (TPSA) is 55.6 Å². The van der Waals surface area contributed by atoms with Gasteiger partial charge in [-0.3, -0.25) is 4.79 Å². The summed E-state index contributed by atoms with van der Waals surface area (Å²) < 4.78 is 7.70. The number of para-hydroxylation sites is 2. The van der Waals surface area contributed by atoms with Crippen molar-refractivity contribution in [1.29, 1.82) is 0 Å². The van der Waals surface area contributed by atoms with Gasteiger partial charge >= 0.3 is 0 Å². The van der Waals surface area contributed by atoms with Gasteiger partial charge < -0.3 is 9.30 Å². The molecule has 0 aliphatic heterocycles. The van der Waals surface area contributed by atoms with E-state index in [1.165, 1.54) is 0 Å². The van der Waals surface area contributed by atoms with Crippen LogP contribution in [0.4, 0.5) is 0 Å². The molecule has 2 aromatic carbocycles. The van der Waals surface area contributed by atoms with E-state index in [9.17, 15) is 4.79 Å². The van der Waals surface area contributed by atoms with Crippen LogP contribution in [0, 0.1) is 6.92 Å². The van der Waals surface area contributed by atoms with E-state index in [0.717, 1.165) is 22.2 Å². The molecule has 0 spiro atoms. The molecule has 0 saturated carbocycles. The fraction of sp³-hybridized carbons (Fsp3) is 0.200. The first-order chi connectivity index (χ1) is 12.1. The maximum atomic E-state index is 12.1. The summed E-state index contributed by atoms with van der Waals surface area (Å²) in [6.07, 6.45) is 1.05. The summed E-state index contributed by atoms with van der Waals surface area (Å²) in [6.45, 7) is 3.73. The first-order valence-electron chi connectivity index (χ1n) is 8.16. The predicted molar refractivity (Wildman–Crippen MR) is 99.9 cm³/mol. The van der Waals surface area contributed by atoms with Crippen molar-refractivity contribution >= 4 is 23.0 Å². The predicted octanol–water partition coefficient (Wildman–Crippen LogP) is 3.40. The molecular weight excluding hydrogens is 314 g/mol. The molecule has 128 valence electrons. The molecule has 0 fully saturated rings. The van der Waals surface area contributed by atoms with Gasteiger partial charge in [-0.15, -0.1) is 0 Å². The highest BCUT2D eigenvalue weighted by atomic mass is 16.5. The maximum absolute atomic E-state index is 12.1. The van der Waals surface area contributed by atoms with Crippen LogP contribution in [0.5, 0.6) is 5.75 Å². The van der Waals surface area contributed by atoms with Gasteiger partial charge in [0.1, 0.15) is 5.75 Å². The quantitative estimate of drug-likeness (QED) is 0.574. The number of aromatic nitrogens is 1. The summed E-state index contributed by atoms with van der Waals surface area (Å²) in [5.41, 5.74) is 5.77. The second-order valence-electron chi connectivity index (χ2n) is 5.88. The molecule has 0 aliphatic carbocycles. The lowest BCUT2D eigenvalue weighted by molar-refractivity contribution is -0.127. The zero-order chi connectivity index (χ0) is 17.8. The first kappa shape index (κ1) is 16.8. The molecule has 5 heteroatoms. The normalized spacial score (nSPS) is 12.4. The van der Waals surface area contributed by atoms with Crippen molar-refractivity contribution in [3.8, 4) is 5.75 Å². The average molecular weight is 335 g/mol. The van der Waals surface area contributed by atoms with Crippen LogP contribution >= 0.6 is 0 Å². The first-order valence-corrected chi connectivity index (χ1v) is 8.16. The van der Waals surface area contributed by atoms with E-state index in [0.29, 0.717) is 5.75 Å². The second-order valence-corrected chi connectivity index (χ2v) is 5.88. The Kier molecular flexibility index (Phi) is 4.84. The van der Waals surface area contributed by atoms with E-state index in [1.54, 1.807) is 13.1 Å². The molecule has 5 nitrogen and oxygen atoms in total. The third-order valence-corrected chi connectivity index (χ3v) is 4.24. The number of benzene rings is 2. The summed E-state index contributed by atoms with van der Waals surface area (Å²) in [6, 6.07) is 17.4. The number of aryl methyl sites for hydroxylation is 1. The zero-order valence-corrected chi connectivity index (χ0v) is 14.6. The lowest BCUT2D eigenvalue weighted by atomic mass is 10.1. The molecule has 1 atom stereocenters. The molecular formula is C20H21N3O2. The summed E-state index contributed by atoms with van der Waals surface area (Å²) in [7, 11) is 2.02. The van der Waals surface area contributed by atoms with Crippen molar-refractivity contribution < 1.29 is 9.53 Å². The number of carbonyl (C=O) groups excluding carboxylic acids is 1. The summed E-state index contributed by atoms with van der Waals surface area (Å²) >= 11 is 0. The number of nitrogens with zero attached hydrogens (tertiary/aromatic N) is 2. The number of carbonyl (C=O) groups is 1. The summed E-state index contributed by atoms with van der Waals surface area (Å²) in [5.74, 6) is 0.358. The minimum absolute atomic E-state index is 0.294. The number of nitrogens with one attached hydrogen (secondary N) is 1. The van der Waals surface area contributed by atoms with E-state index < -0.39 is 6.10 Å². The molecule has 25 heavy (non-hydrogen) atoms. The number of hydrazone groups is 1. The Labute approximate surface area is 146 Å². The molecule has 1 amide bonds. The largest absolute Gasteiger partial charge is 0.481 e. The number of fused-ring (bicyclic) bond motifs is 1. The van der Waals surface area contributed by atoms with E-state index in [-0.39, 0.29) is 5.91 Å². The molecule has 0 saturated heterocycles. The van der Waals surface area contributed by atoms with Gasteiger partial charge in [0.25, 0.3) is 5.91 Å². The van der Waals surface area contributed by atoms with Crippen LogP contribution < -0.4 is 10.2 Å². The molecule has 3 aromatic rings. The van der Waals surface area contributed by atoms with Crippen LogP contribution in [0.25, 0.3) is 10.9 Å². The van der Waals surface area contributed by atoms with Gasteiger partial charge in [-0.2, -0.15) is 5.10 Å². The van der Waals surface area contributed by atoms with E-state index >= 15 is 0 Å². The van der Waals surface area contributed by atoms with Crippen molar-refractivity contribution in [3.63, 3.8) is 0 Å². The third kappa shape index (κ3) is 3.55. The minimum atomic E-state index is -0.631. The summed E-state index contributed by atoms with van der Waals surface area (Å²) in [4.78, 5) is 12.1. The van der Waals surface area contributed by atoms with Crippen LogP contribution in [0.15, 0.2) is 59.7 Å². The Morgan fingerprint density at radius 1 is 1.16 bits per heavy atom. The molecule has 1 aromatic heterocycles. The SMILES string of the molecule is Cc1c(/C=N\NC(=O)[C@@H](C)Oc2ccccc2)c2ccccc2n1C. The van der Waals surface area contributed by atoms with Crippen molar-refractivity contribution in [1.82, 2.24) is 9.99 Å². The molecule has 0 unspecified atom stereocenters. The lowest BCUT2D eigenvalue weighted by Gasteiger charge is -2.12. The van der Waals surface area contributed by atoms with Crippen molar-refractivity contribution in [2.45, 2.75) is 20.0 Å². The number of hydrogen-bond acceptors (Lipinski definition) is 3. The Balaban J connectivity index is 1.69. The Hall–Kier alpha value is -3.08. The molecule has 0 bridgehead atoms. The fourth-order valence-electron chi connectivity index (χ4n) is 2.72. The standard InChI is InChI=1S/C20H21N3O2/c1-14-18(17-11-7-8-12-19(17)23(14)3)13-21-22-20(24)15(2)25-16-9-5-4-6-10-16/h4-13,15H,1-3H3,(H,22,24)/b21-13-/t15-/m1/s1. The van der Waals surface area contributed by atoms with Crippen molar-refractivity contribution in [3.05, 3.63) is 65.9 Å². The maximum Gasteiger partial charge on any atom is 0.280 e. The second kappa shape index (κ2) is 7.21. The Bertz CT molecular complexity index is 913. The lowest BCUT2D eigenvalue weighted by Crippen LogP contribution is -2.33. The molecule has 0 aliphatic rings. The smallest absolute Gasteiger partial charge is 0.280 e. The van der Waals surface area contributed by atoms with Crippen LogP contribution in [0.1, 0.15) is 18.2 Å². The van der Waals surface area contributed by atoms with Gasteiger partial charge in [0.2, 0.25) is 0 Å². The fourth-order valence-corrected chi connectivity index (χ4v) is 2.72. The molecule has 3 rings (SSSR count). The number of rotatable bonds is 5. The van der Waals surface area contributed by atoms with Crippen molar-refractivity contribution in [2.24, 2.45) is 12.1 Å². The van der Waals surface area contributed by atoms with Gasteiger partial charge in [-0.05, 0) is 32.0 Å². The minimum Gasteiger partial charge on any atom is -0.481 e. The highest BCUT2D eigenvalue weighted by molar-refractivity contribution is 6.01. The molecule has 1 heterocycles. The van der Waals surface area contributed by atoms with Crippen LogP contribution in [0.3, 0.4) is 0 Å². The summed E-state index contributed by atoms with van der Waals surface area (Å²) in [5, 5.41) is 5.22. The van der Waals surface area contributed by atoms with Crippen LogP contribution in [-0.4, -0.2) is 22.8 Å². The Morgan fingerprint density at radius 3 is 2.60 bits per heavy atom. The van der Waals surface area contributed by atoms with E-state index in [1.807, 2.05) is 62.5 Å². The Morgan fingerprint density at radius 2 is 1.84 bits per heavy atom. The van der Waals surface area contributed by atoms with Crippen molar-refractivity contribution in [2.75, 3.05) is 0 Å². The zero-order valence-electron chi connectivity index (χ0n) is 14.6. The van der Waals surface area contributed by atoms with E-state index in [4.69, 9.17) is 4.74 Å². The van der Waals surface area contributed by atoms with Crippen LogP contribution in [-0.2, 0) is 11.8 Å². The van der Waals surface area contributed by atoms with E-state index in [2.05, 4.69) is 21.2 Å². The molecule has 0 radical (unpaired) electrons. The monoisotopic (exact) mass is 335 g/mol. The average Bonchev–Trinajstić information content (AvgIpc) is 2.87. The van der Waals surface area contributed by atoms with Gasteiger partial charge in [0, 0.05) is 29.2 Å². The van der Waals surface area contributed by atoms with Gasteiger partial charge in [0.15, 0.2) is 6.10 Å². The van der Waals surface area contributed by atoms with Gasteiger partial charge in [-0.25, -0.2) is 5.43 Å². The number of hydrogen-bond donors (Lipinski definition) is 1. The van der Waals surface area contributed by atoms with Gasteiger partial charge in [0.05, 0.1) is 6.21 Å². The highest BCUT2D eigenvalue weighted by Crippen LogP contribution is 2.22. The highest BCUT2D eigenvalue weighted by Gasteiger charge is 2.14. The van der Waals surface area contributed by atoms with Crippen LogP contribution in [0.2, 0.25) is 0 Å².